The molecule has 174 valence electrons. The van der Waals surface area contributed by atoms with Crippen molar-refractivity contribution in [1.82, 2.24) is 15.1 Å². The average Bonchev–Trinajstić information content (AvgIpc) is 3.15. The number of nitrogens with zero attached hydrogens (tertiary/aromatic N) is 2. The van der Waals surface area contributed by atoms with Crippen molar-refractivity contribution in [1.29, 1.82) is 0 Å². The Morgan fingerprint density at radius 2 is 1.79 bits per heavy atom. The lowest BCUT2D eigenvalue weighted by molar-refractivity contribution is -0.152. The number of aromatic nitrogens is 2. The number of carboxylic acid groups (broad SMARTS) is 1. The first kappa shape index (κ1) is 24.0. The van der Waals surface area contributed by atoms with Crippen molar-refractivity contribution in [3.8, 4) is 17.0 Å². The number of hydrogen-bond donors (Lipinski definition) is 2. The highest BCUT2D eigenvalue weighted by molar-refractivity contribution is 5.93. The zero-order valence-corrected chi connectivity index (χ0v) is 20.0. The van der Waals surface area contributed by atoms with Crippen LogP contribution in [-0.4, -0.2) is 32.4 Å². The lowest BCUT2D eigenvalue weighted by atomic mass is 10.0. The third-order valence-corrected chi connectivity index (χ3v) is 5.56. The quantitative estimate of drug-likeness (QED) is 0.520. The first-order chi connectivity index (χ1) is 15.5. The van der Waals surface area contributed by atoms with E-state index in [0.717, 1.165) is 22.4 Å². The summed E-state index contributed by atoms with van der Waals surface area (Å²) in [6.45, 7) is 9.48. The molecule has 2 aromatic carbocycles. The zero-order chi connectivity index (χ0) is 24.3. The van der Waals surface area contributed by atoms with Crippen molar-refractivity contribution >= 4 is 11.9 Å². The number of amides is 1. The minimum Gasteiger partial charge on any atom is -0.478 e. The summed E-state index contributed by atoms with van der Waals surface area (Å²) in [5.74, 6) is -0.307. The molecule has 0 spiro atoms. The number of nitrogens with one attached hydrogen (secondary N) is 1. The molecule has 0 saturated carbocycles. The number of carboxylic acids is 1. The van der Waals surface area contributed by atoms with Gasteiger partial charge in [0.25, 0.3) is 5.91 Å². The van der Waals surface area contributed by atoms with Gasteiger partial charge in [0, 0.05) is 19.2 Å². The standard InChI is InChI=1S/C26H31N3O4/c1-16(2)19-8-10-20(11-9-19)21-14-22(29(6)28-21)24(30)27-15-18-7-12-23(17(3)13-18)33-26(4,5)25(31)32/h7-14,16H,15H2,1-6H3,(H,27,30)(H,31,32). The summed E-state index contributed by atoms with van der Waals surface area (Å²) in [4.78, 5) is 24.1. The van der Waals surface area contributed by atoms with Crippen LogP contribution in [0.5, 0.6) is 5.75 Å². The first-order valence-corrected chi connectivity index (χ1v) is 10.9. The average molecular weight is 450 g/mol. The summed E-state index contributed by atoms with van der Waals surface area (Å²) in [6, 6.07) is 15.4. The van der Waals surface area contributed by atoms with E-state index in [1.54, 1.807) is 23.9 Å². The molecule has 1 heterocycles. The monoisotopic (exact) mass is 449 g/mol. The number of aryl methyl sites for hydroxylation is 2. The fourth-order valence-corrected chi connectivity index (χ4v) is 3.39. The van der Waals surface area contributed by atoms with E-state index >= 15 is 0 Å². The van der Waals surface area contributed by atoms with Gasteiger partial charge in [-0.25, -0.2) is 4.79 Å². The predicted molar refractivity (Wildman–Crippen MR) is 127 cm³/mol. The van der Waals surface area contributed by atoms with Crippen LogP contribution in [0.25, 0.3) is 11.3 Å². The highest BCUT2D eigenvalue weighted by Crippen LogP contribution is 2.25. The molecule has 0 aliphatic rings. The summed E-state index contributed by atoms with van der Waals surface area (Å²) in [7, 11) is 1.75. The maximum absolute atomic E-state index is 12.8. The molecule has 1 aromatic heterocycles. The van der Waals surface area contributed by atoms with Gasteiger partial charge in [0.15, 0.2) is 5.60 Å². The Morgan fingerprint density at radius 3 is 2.36 bits per heavy atom. The molecule has 2 N–H and O–H groups in total. The minimum atomic E-state index is -1.33. The van der Waals surface area contributed by atoms with Crippen LogP contribution >= 0.6 is 0 Å². The fraction of sp³-hybridized carbons (Fsp3) is 0.346. The van der Waals surface area contributed by atoms with Gasteiger partial charge in [-0.15, -0.1) is 0 Å². The van der Waals surface area contributed by atoms with Crippen molar-refractivity contribution < 1.29 is 19.4 Å². The van der Waals surface area contributed by atoms with Crippen LogP contribution in [0.2, 0.25) is 0 Å². The molecule has 7 heteroatoms. The van der Waals surface area contributed by atoms with E-state index in [0.29, 0.717) is 23.9 Å². The smallest absolute Gasteiger partial charge is 0.347 e. The molecular weight excluding hydrogens is 418 g/mol. The molecule has 3 aromatic rings. The van der Waals surface area contributed by atoms with Crippen LogP contribution in [0.3, 0.4) is 0 Å². The summed E-state index contributed by atoms with van der Waals surface area (Å²) in [5.41, 5.74) is 3.79. The Morgan fingerprint density at radius 1 is 1.12 bits per heavy atom. The zero-order valence-electron chi connectivity index (χ0n) is 20.0. The number of carbonyl (C=O) groups excluding carboxylic acids is 1. The summed E-state index contributed by atoms with van der Waals surface area (Å²) < 4.78 is 7.21. The van der Waals surface area contributed by atoms with Gasteiger partial charge in [0.2, 0.25) is 0 Å². The molecule has 1 amide bonds. The number of rotatable bonds is 8. The molecule has 0 unspecified atom stereocenters. The molecule has 0 aliphatic heterocycles. The van der Waals surface area contributed by atoms with E-state index in [-0.39, 0.29) is 5.91 Å². The second-order valence-corrected chi connectivity index (χ2v) is 9.02. The lowest BCUT2D eigenvalue weighted by Gasteiger charge is -2.23. The van der Waals surface area contributed by atoms with Crippen LogP contribution in [0.15, 0.2) is 48.5 Å². The Bertz CT molecular complexity index is 1160. The van der Waals surface area contributed by atoms with Crippen LogP contribution in [0.4, 0.5) is 0 Å². The largest absolute Gasteiger partial charge is 0.478 e. The Labute approximate surface area is 194 Å². The Balaban J connectivity index is 1.67. The van der Waals surface area contributed by atoms with E-state index in [4.69, 9.17) is 4.74 Å². The van der Waals surface area contributed by atoms with Crippen molar-refractivity contribution in [2.45, 2.75) is 52.7 Å². The summed E-state index contributed by atoms with van der Waals surface area (Å²) in [6.07, 6.45) is 0. The number of ether oxygens (including phenoxy) is 1. The van der Waals surface area contributed by atoms with E-state index in [9.17, 15) is 14.7 Å². The molecule has 7 nitrogen and oxygen atoms in total. The van der Waals surface area contributed by atoms with Gasteiger partial charge in [0.1, 0.15) is 11.4 Å². The third kappa shape index (κ3) is 5.61. The van der Waals surface area contributed by atoms with E-state index in [1.807, 2.05) is 31.2 Å². The highest BCUT2D eigenvalue weighted by Gasteiger charge is 2.29. The third-order valence-electron chi connectivity index (χ3n) is 5.56. The van der Waals surface area contributed by atoms with Gasteiger partial charge in [0.05, 0.1) is 5.69 Å². The van der Waals surface area contributed by atoms with Crippen molar-refractivity contribution in [3.63, 3.8) is 0 Å². The minimum absolute atomic E-state index is 0.222. The van der Waals surface area contributed by atoms with Crippen molar-refractivity contribution in [2.24, 2.45) is 7.05 Å². The van der Waals surface area contributed by atoms with Gasteiger partial charge < -0.3 is 15.2 Å². The van der Waals surface area contributed by atoms with E-state index in [2.05, 4.69) is 36.4 Å². The molecule has 3 rings (SSSR count). The molecule has 0 atom stereocenters. The second-order valence-electron chi connectivity index (χ2n) is 9.02. The first-order valence-electron chi connectivity index (χ1n) is 10.9. The van der Waals surface area contributed by atoms with Gasteiger partial charge in [-0.05, 0) is 55.5 Å². The van der Waals surface area contributed by atoms with Gasteiger partial charge in [-0.2, -0.15) is 5.10 Å². The van der Waals surface area contributed by atoms with Gasteiger partial charge >= 0.3 is 5.97 Å². The van der Waals surface area contributed by atoms with Gasteiger partial charge in [-0.3, -0.25) is 9.48 Å². The van der Waals surface area contributed by atoms with Crippen molar-refractivity contribution in [2.75, 3.05) is 0 Å². The maximum atomic E-state index is 12.8. The van der Waals surface area contributed by atoms with Gasteiger partial charge in [-0.1, -0.05) is 50.2 Å². The molecular formula is C26H31N3O4. The second kappa shape index (κ2) is 9.48. The molecule has 0 aliphatic carbocycles. The molecule has 0 fully saturated rings. The number of aliphatic carboxylic acids is 1. The lowest BCUT2D eigenvalue weighted by Crippen LogP contribution is -2.38. The summed E-state index contributed by atoms with van der Waals surface area (Å²) >= 11 is 0. The molecule has 33 heavy (non-hydrogen) atoms. The van der Waals surface area contributed by atoms with E-state index in [1.165, 1.54) is 19.4 Å². The number of carbonyl (C=O) groups is 2. The summed E-state index contributed by atoms with van der Waals surface area (Å²) in [5, 5.41) is 16.7. The maximum Gasteiger partial charge on any atom is 0.347 e. The van der Waals surface area contributed by atoms with Crippen LogP contribution in [-0.2, 0) is 18.4 Å². The molecule has 0 radical (unpaired) electrons. The number of hydrogen-bond acceptors (Lipinski definition) is 4. The van der Waals surface area contributed by atoms with Crippen LogP contribution < -0.4 is 10.1 Å². The Hall–Kier alpha value is -3.61. The SMILES string of the molecule is Cc1cc(CNC(=O)c2cc(-c3ccc(C(C)C)cc3)nn2C)ccc1OC(C)(C)C(=O)O. The molecule has 0 saturated heterocycles. The normalized spacial score (nSPS) is 11.5. The highest BCUT2D eigenvalue weighted by atomic mass is 16.5. The van der Waals surface area contributed by atoms with Crippen LogP contribution in [0, 0.1) is 6.92 Å². The fourth-order valence-electron chi connectivity index (χ4n) is 3.39. The van der Waals surface area contributed by atoms with Crippen molar-refractivity contribution in [3.05, 3.63) is 70.9 Å². The van der Waals surface area contributed by atoms with E-state index < -0.39 is 11.6 Å². The Kier molecular flexibility index (Phi) is 6.91. The van der Waals surface area contributed by atoms with Crippen LogP contribution in [0.1, 0.15) is 60.8 Å². The molecule has 0 bridgehead atoms. The number of benzene rings is 2. The predicted octanol–water partition coefficient (Wildman–Crippen LogP) is 4.69. The topological polar surface area (TPSA) is 93.5 Å².